The Balaban J connectivity index is 2.11. The lowest BCUT2D eigenvalue weighted by Gasteiger charge is -2.26. The number of rotatable bonds is 6. The normalized spacial score (nSPS) is 23.0. The molecule has 1 aliphatic heterocycles. The summed E-state index contributed by atoms with van der Waals surface area (Å²) in [5.74, 6) is 1.32. The summed E-state index contributed by atoms with van der Waals surface area (Å²) in [6, 6.07) is 0.828. The Bertz CT molecular complexity index is 145. The third kappa shape index (κ3) is 5.79. The van der Waals surface area contributed by atoms with Gasteiger partial charge in [-0.2, -0.15) is 11.8 Å². The van der Waals surface area contributed by atoms with E-state index in [9.17, 15) is 0 Å². The highest BCUT2D eigenvalue weighted by molar-refractivity contribution is 7.98. The van der Waals surface area contributed by atoms with Crippen LogP contribution in [0, 0.1) is 0 Å². The lowest BCUT2D eigenvalue weighted by molar-refractivity contribution is 0.222. The molecule has 1 saturated heterocycles. The van der Waals surface area contributed by atoms with Crippen LogP contribution in [0.1, 0.15) is 32.1 Å². The highest BCUT2D eigenvalue weighted by Gasteiger charge is 2.15. The Morgan fingerprint density at radius 3 is 2.93 bits per heavy atom. The minimum absolute atomic E-state index is 0.828. The maximum Gasteiger partial charge on any atom is 0.0105 e. The van der Waals surface area contributed by atoms with Crippen LogP contribution in [0.4, 0.5) is 0 Å². The molecule has 3 heteroatoms. The molecule has 0 saturated carbocycles. The van der Waals surface area contributed by atoms with Gasteiger partial charge >= 0.3 is 0 Å². The standard InChI is InChI=1S/C12H26N2S/c1-14(10-3-4-11-15-2)12-6-5-8-13-9-7-12/h12-13H,3-11H2,1-2H3. The first-order valence-electron chi connectivity index (χ1n) is 6.24. The molecule has 1 atom stereocenters. The summed E-state index contributed by atoms with van der Waals surface area (Å²) >= 11 is 1.96. The van der Waals surface area contributed by atoms with E-state index in [0.29, 0.717) is 0 Å². The van der Waals surface area contributed by atoms with Crippen molar-refractivity contribution in [1.29, 1.82) is 0 Å². The van der Waals surface area contributed by atoms with Crippen molar-refractivity contribution in [3.8, 4) is 0 Å². The van der Waals surface area contributed by atoms with Crippen LogP contribution in [0.15, 0.2) is 0 Å². The summed E-state index contributed by atoms with van der Waals surface area (Å²) in [6.07, 6.45) is 8.99. The number of nitrogens with one attached hydrogen (secondary N) is 1. The molecule has 0 aliphatic carbocycles. The second-order valence-electron chi connectivity index (χ2n) is 4.52. The van der Waals surface area contributed by atoms with Crippen molar-refractivity contribution in [3.63, 3.8) is 0 Å². The van der Waals surface area contributed by atoms with Crippen LogP contribution in [-0.4, -0.2) is 49.6 Å². The van der Waals surface area contributed by atoms with Crippen molar-refractivity contribution in [3.05, 3.63) is 0 Å². The largest absolute Gasteiger partial charge is 0.317 e. The van der Waals surface area contributed by atoms with Gasteiger partial charge in [0.25, 0.3) is 0 Å². The quantitative estimate of drug-likeness (QED) is 0.704. The molecule has 15 heavy (non-hydrogen) atoms. The zero-order valence-corrected chi connectivity index (χ0v) is 11.1. The average molecular weight is 230 g/mol. The van der Waals surface area contributed by atoms with E-state index in [4.69, 9.17) is 0 Å². The van der Waals surface area contributed by atoms with Crippen molar-refractivity contribution in [2.24, 2.45) is 0 Å². The van der Waals surface area contributed by atoms with E-state index in [1.165, 1.54) is 57.5 Å². The summed E-state index contributed by atoms with van der Waals surface area (Å²) in [6.45, 7) is 3.71. The highest BCUT2D eigenvalue weighted by atomic mass is 32.2. The molecule has 1 fully saturated rings. The first kappa shape index (κ1) is 13.3. The monoisotopic (exact) mass is 230 g/mol. The second-order valence-corrected chi connectivity index (χ2v) is 5.50. The van der Waals surface area contributed by atoms with Crippen LogP contribution >= 0.6 is 11.8 Å². The molecule has 0 spiro atoms. The number of hydrogen-bond acceptors (Lipinski definition) is 3. The first-order chi connectivity index (χ1) is 7.34. The molecule has 0 aromatic heterocycles. The topological polar surface area (TPSA) is 15.3 Å². The Hall–Kier alpha value is 0.270. The third-order valence-corrected chi connectivity index (χ3v) is 3.97. The molecular formula is C12H26N2S. The van der Waals surface area contributed by atoms with Crippen LogP contribution in [0.5, 0.6) is 0 Å². The maximum absolute atomic E-state index is 3.48. The van der Waals surface area contributed by atoms with Gasteiger partial charge in [0, 0.05) is 6.04 Å². The van der Waals surface area contributed by atoms with E-state index >= 15 is 0 Å². The van der Waals surface area contributed by atoms with Gasteiger partial charge in [0.05, 0.1) is 0 Å². The van der Waals surface area contributed by atoms with Crippen LogP contribution in [0.2, 0.25) is 0 Å². The Labute approximate surface area is 99.2 Å². The lowest BCUT2D eigenvalue weighted by Crippen LogP contribution is -2.33. The van der Waals surface area contributed by atoms with E-state index < -0.39 is 0 Å². The van der Waals surface area contributed by atoms with E-state index in [1.54, 1.807) is 0 Å². The molecular weight excluding hydrogens is 204 g/mol. The van der Waals surface area contributed by atoms with Crippen LogP contribution in [0.3, 0.4) is 0 Å². The Kier molecular flexibility index (Phi) is 7.49. The molecule has 0 aromatic rings. The smallest absolute Gasteiger partial charge is 0.0105 e. The number of unbranched alkanes of at least 4 members (excludes halogenated alkanes) is 1. The fraction of sp³-hybridized carbons (Fsp3) is 1.00. The van der Waals surface area contributed by atoms with Crippen molar-refractivity contribution < 1.29 is 0 Å². The Morgan fingerprint density at radius 2 is 2.13 bits per heavy atom. The predicted molar refractivity (Wildman–Crippen MR) is 70.8 cm³/mol. The summed E-state index contributed by atoms with van der Waals surface area (Å²) < 4.78 is 0. The number of nitrogens with zero attached hydrogens (tertiary/aromatic N) is 1. The molecule has 0 amide bonds. The van der Waals surface area contributed by atoms with Crippen molar-refractivity contribution in [2.45, 2.75) is 38.1 Å². The van der Waals surface area contributed by atoms with Gasteiger partial charge in [-0.3, -0.25) is 0 Å². The SMILES string of the molecule is CSCCCCN(C)C1CCCNCC1. The molecule has 1 unspecified atom stereocenters. The molecule has 1 heterocycles. The van der Waals surface area contributed by atoms with Crippen LogP contribution in [-0.2, 0) is 0 Å². The molecule has 1 N–H and O–H groups in total. The van der Waals surface area contributed by atoms with E-state index in [0.717, 1.165) is 6.04 Å². The van der Waals surface area contributed by atoms with Gasteiger partial charge in [0.15, 0.2) is 0 Å². The summed E-state index contributed by atoms with van der Waals surface area (Å²) in [4.78, 5) is 2.58. The van der Waals surface area contributed by atoms with E-state index in [2.05, 4.69) is 23.5 Å². The zero-order chi connectivity index (χ0) is 10.9. The zero-order valence-electron chi connectivity index (χ0n) is 10.3. The molecule has 2 nitrogen and oxygen atoms in total. The van der Waals surface area contributed by atoms with Gasteiger partial charge in [-0.15, -0.1) is 0 Å². The van der Waals surface area contributed by atoms with Gasteiger partial charge in [0.1, 0.15) is 0 Å². The minimum atomic E-state index is 0.828. The fourth-order valence-electron chi connectivity index (χ4n) is 2.23. The van der Waals surface area contributed by atoms with Gasteiger partial charge in [-0.05, 0) is 70.8 Å². The first-order valence-corrected chi connectivity index (χ1v) is 7.64. The third-order valence-electron chi connectivity index (χ3n) is 3.28. The molecule has 90 valence electrons. The number of hydrogen-bond donors (Lipinski definition) is 1. The molecule has 0 radical (unpaired) electrons. The van der Waals surface area contributed by atoms with Gasteiger partial charge in [0.2, 0.25) is 0 Å². The minimum Gasteiger partial charge on any atom is -0.317 e. The van der Waals surface area contributed by atoms with Crippen LogP contribution < -0.4 is 5.32 Å². The summed E-state index contributed by atoms with van der Waals surface area (Å²) in [7, 11) is 2.30. The maximum atomic E-state index is 3.48. The average Bonchev–Trinajstić information content (AvgIpc) is 2.52. The Morgan fingerprint density at radius 1 is 1.27 bits per heavy atom. The molecule has 0 aromatic carbocycles. The number of thioether (sulfide) groups is 1. The van der Waals surface area contributed by atoms with Gasteiger partial charge in [-0.25, -0.2) is 0 Å². The van der Waals surface area contributed by atoms with Gasteiger partial charge < -0.3 is 10.2 Å². The van der Waals surface area contributed by atoms with Crippen LogP contribution in [0.25, 0.3) is 0 Å². The van der Waals surface area contributed by atoms with Crippen molar-refractivity contribution in [2.75, 3.05) is 38.7 Å². The summed E-state index contributed by atoms with van der Waals surface area (Å²) in [5, 5.41) is 3.48. The second kappa shape index (κ2) is 8.43. The van der Waals surface area contributed by atoms with E-state index in [1.807, 2.05) is 11.8 Å². The molecule has 0 bridgehead atoms. The van der Waals surface area contributed by atoms with E-state index in [-0.39, 0.29) is 0 Å². The van der Waals surface area contributed by atoms with Crippen molar-refractivity contribution >= 4 is 11.8 Å². The molecule has 1 rings (SSSR count). The molecule has 1 aliphatic rings. The fourth-order valence-corrected chi connectivity index (χ4v) is 2.72. The summed E-state index contributed by atoms with van der Waals surface area (Å²) in [5.41, 5.74) is 0. The lowest BCUT2D eigenvalue weighted by atomic mass is 10.1. The highest BCUT2D eigenvalue weighted by Crippen LogP contribution is 2.12. The van der Waals surface area contributed by atoms with Crippen molar-refractivity contribution in [1.82, 2.24) is 10.2 Å². The predicted octanol–water partition coefficient (Wildman–Crippen LogP) is 2.20. The van der Waals surface area contributed by atoms with Gasteiger partial charge in [-0.1, -0.05) is 0 Å².